The molecule has 2 aliphatic rings. The molecular formula is C33H44N4O9. The fraction of sp³-hybridized carbons (Fsp3) is 0.455. The van der Waals surface area contributed by atoms with Gasteiger partial charge in [-0.3, -0.25) is 19.7 Å². The van der Waals surface area contributed by atoms with Gasteiger partial charge in [-0.15, -0.1) is 0 Å². The number of imidazole rings is 1. The third-order valence-corrected chi connectivity index (χ3v) is 7.59. The Morgan fingerprint density at radius 3 is 1.91 bits per heavy atom. The van der Waals surface area contributed by atoms with Crippen LogP contribution in [0, 0.1) is 40.7 Å². The number of Topliss-reactive ketones (excluding diaryl/α,β-unsaturated/α-hetero) is 1. The monoisotopic (exact) mass is 640 g/mol. The largest absolute Gasteiger partial charge is 0.508 e. The molecule has 5 rings (SSSR count). The number of amides is 2. The number of nitrogens with zero attached hydrogens (tertiary/aromatic N) is 3. The SMILES string of the molecule is C[C@@H]1C[C@@H]([C@H](O)CC2CC(=O)NC(=O)C2)C(=O)[C@@H](C)C1.Cc1ncc([N+](=O)[O-])n1CCO.Oc1ccccc1.Oc1ccccc1. The summed E-state index contributed by atoms with van der Waals surface area (Å²) in [5.41, 5.74) is 0. The first kappa shape index (κ1) is 37.6. The van der Waals surface area contributed by atoms with Crippen LogP contribution in [0.5, 0.6) is 11.5 Å². The van der Waals surface area contributed by atoms with Crippen LogP contribution in [0.15, 0.2) is 66.9 Å². The highest BCUT2D eigenvalue weighted by Crippen LogP contribution is 2.34. The first-order valence-electron chi connectivity index (χ1n) is 15.1. The molecule has 46 heavy (non-hydrogen) atoms. The number of ketones is 1. The number of aromatic nitrogens is 2. The van der Waals surface area contributed by atoms with Gasteiger partial charge in [-0.2, -0.15) is 0 Å². The summed E-state index contributed by atoms with van der Waals surface area (Å²) in [5, 5.41) is 48.8. The van der Waals surface area contributed by atoms with E-state index >= 15 is 0 Å². The van der Waals surface area contributed by atoms with Gasteiger partial charge >= 0.3 is 5.82 Å². The summed E-state index contributed by atoms with van der Waals surface area (Å²) in [7, 11) is 0. The van der Waals surface area contributed by atoms with Crippen molar-refractivity contribution in [3.63, 3.8) is 0 Å². The summed E-state index contributed by atoms with van der Waals surface area (Å²) in [6.07, 6.45) is 2.91. The van der Waals surface area contributed by atoms with Crippen LogP contribution < -0.4 is 5.32 Å². The third kappa shape index (κ3) is 12.8. The maximum atomic E-state index is 12.2. The lowest BCUT2D eigenvalue weighted by molar-refractivity contribution is -0.392. The zero-order valence-corrected chi connectivity index (χ0v) is 26.4. The highest BCUT2D eigenvalue weighted by molar-refractivity contribution is 5.97. The van der Waals surface area contributed by atoms with Gasteiger partial charge in [-0.1, -0.05) is 50.2 Å². The van der Waals surface area contributed by atoms with Crippen molar-refractivity contribution in [3.8, 4) is 11.5 Å². The number of hydrogen-bond donors (Lipinski definition) is 5. The number of nitrogens with one attached hydrogen (secondary N) is 1. The molecule has 13 heteroatoms. The van der Waals surface area contributed by atoms with Crippen molar-refractivity contribution >= 4 is 23.4 Å². The fourth-order valence-corrected chi connectivity index (χ4v) is 5.44. The fourth-order valence-electron chi connectivity index (χ4n) is 5.44. The highest BCUT2D eigenvalue weighted by Gasteiger charge is 2.38. The van der Waals surface area contributed by atoms with Crippen molar-refractivity contribution in [1.29, 1.82) is 0 Å². The van der Waals surface area contributed by atoms with Gasteiger partial charge in [0.2, 0.25) is 11.8 Å². The molecule has 13 nitrogen and oxygen atoms in total. The second-order valence-corrected chi connectivity index (χ2v) is 11.5. The van der Waals surface area contributed by atoms with E-state index < -0.39 is 11.0 Å². The van der Waals surface area contributed by atoms with Gasteiger partial charge in [0.25, 0.3) is 0 Å². The minimum absolute atomic E-state index is 0.00492. The van der Waals surface area contributed by atoms with Crippen molar-refractivity contribution in [3.05, 3.63) is 82.8 Å². The average Bonchev–Trinajstić information content (AvgIpc) is 3.36. The van der Waals surface area contributed by atoms with E-state index in [-0.39, 0.29) is 67.2 Å². The lowest BCUT2D eigenvalue weighted by atomic mass is 9.71. The Bertz CT molecular complexity index is 1350. The molecule has 4 atom stereocenters. The van der Waals surface area contributed by atoms with Crippen molar-refractivity contribution in [2.45, 2.75) is 65.5 Å². The number of rotatable bonds is 6. The molecule has 1 saturated carbocycles. The van der Waals surface area contributed by atoms with Gasteiger partial charge in [0, 0.05) is 31.6 Å². The van der Waals surface area contributed by atoms with Crippen LogP contribution in [0.4, 0.5) is 5.82 Å². The molecule has 1 aromatic heterocycles. The first-order chi connectivity index (χ1) is 21.8. The lowest BCUT2D eigenvalue weighted by Gasteiger charge is -2.34. The smallest absolute Gasteiger partial charge is 0.342 e. The Labute approximate surface area is 268 Å². The maximum Gasteiger partial charge on any atom is 0.342 e. The van der Waals surface area contributed by atoms with E-state index in [1.54, 1.807) is 55.5 Å². The van der Waals surface area contributed by atoms with Gasteiger partial charge in [0.05, 0.1) is 12.7 Å². The van der Waals surface area contributed by atoms with E-state index in [0.717, 1.165) is 6.42 Å². The number of benzene rings is 2. The Morgan fingerprint density at radius 1 is 0.957 bits per heavy atom. The van der Waals surface area contributed by atoms with Crippen molar-refractivity contribution in [2.75, 3.05) is 6.61 Å². The van der Waals surface area contributed by atoms with Crippen LogP contribution in [0.1, 0.15) is 51.8 Å². The van der Waals surface area contributed by atoms with E-state index in [1.807, 2.05) is 19.1 Å². The van der Waals surface area contributed by atoms with Gasteiger partial charge < -0.3 is 30.5 Å². The number of aliphatic hydroxyl groups excluding tert-OH is 2. The summed E-state index contributed by atoms with van der Waals surface area (Å²) in [6.45, 7) is 5.75. The summed E-state index contributed by atoms with van der Waals surface area (Å²) >= 11 is 0. The van der Waals surface area contributed by atoms with Crippen molar-refractivity contribution in [2.24, 2.45) is 23.7 Å². The topological polar surface area (TPSA) is 205 Å². The Kier molecular flexibility index (Phi) is 15.5. The second-order valence-electron chi connectivity index (χ2n) is 11.5. The average molecular weight is 641 g/mol. The zero-order valence-electron chi connectivity index (χ0n) is 26.4. The van der Waals surface area contributed by atoms with Gasteiger partial charge in [-0.05, 0) is 60.3 Å². The molecule has 3 aromatic rings. The number of nitro groups is 1. The molecule has 1 aliphatic carbocycles. The number of carbonyl (C=O) groups excluding carboxylic acids is 3. The molecule has 0 radical (unpaired) electrons. The van der Waals surface area contributed by atoms with Crippen LogP contribution in [0.3, 0.4) is 0 Å². The number of phenolic OH excluding ortho intramolecular Hbond substituents is 2. The summed E-state index contributed by atoms with van der Waals surface area (Å²) in [6, 6.07) is 17.4. The van der Waals surface area contributed by atoms with Crippen LogP contribution in [-0.4, -0.2) is 65.2 Å². The van der Waals surface area contributed by atoms with Crippen molar-refractivity contribution in [1.82, 2.24) is 14.9 Å². The number of hydrogen-bond acceptors (Lipinski definition) is 10. The molecule has 1 aliphatic heterocycles. The van der Waals surface area contributed by atoms with E-state index in [0.29, 0.717) is 36.1 Å². The van der Waals surface area contributed by atoms with Crippen LogP contribution in [0.2, 0.25) is 0 Å². The Morgan fingerprint density at radius 2 is 1.48 bits per heavy atom. The standard InChI is InChI=1S/C15H23NO4.C6H9N3O3.2C6H6O/c1-8-3-9(2)15(20)11(4-8)12(17)5-10-6-13(18)16-14(19)7-10;1-5-7-4-6(9(11)12)8(5)2-3-10;2*7-6-4-2-1-3-5-6/h8-12,17H,3-7H2,1-2H3,(H,16,18,19);4,10H,2-3H2,1H3;2*1-5,7H/t8-,9-,11-,12+;;;/m0.../s1. The summed E-state index contributed by atoms with van der Waals surface area (Å²) < 4.78 is 1.36. The number of para-hydroxylation sites is 2. The lowest BCUT2D eigenvalue weighted by Crippen LogP contribution is -2.42. The van der Waals surface area contributed by atoms with Crippen molar-refractivity contribution < 1.29 is 39.7 Å². The predicted molar refractivity (Wildman–Crippen MR) is 169 cm³/mol. The summed E-state index contributed by atoms with van der Waals surface area (Å²) in [5.74, 6) is 0.601. The molecule has 5 N–H and O–H groups in total. The number of carbonyl (C=O) groups is 3. The molecule has 1 saturated heterocycles. The maximum absolute atomic E-state index is 12.2. The highest BCUT2D eigenvalue weighted by atomic mass is 16.6. The van der Waals surface area contributed by atoms with E-state index in [9.17, 15) is 29.6 Å². The van der Waals surface area contributed by atoms with Crippen LogP contribution in [-0.2, 0) is 20.9 Å². The number of aryl methyl sites for hydroxylation is 1. The summed E-state index contributed by atoms with van der Waals surface area (Å²) in [4.78, 5) is 48.5. The Balaban J connectivity index is 0.000000238. The number of phenols is 2. The van der Waals surface area contributed by atoms with Gasteiger partial charge in [0.15, 0.2) is 5.82 Å². The second kappa shape index (κ2) is 19.0. The molecule has 2 aromatic carbocycles. The number of aromatic hydroxyl groups is 2. The predicted octanol–water partition coefficient (Wildman–Crippen LogP) is 3.92. The molecule has 2 fully saturated rings. The molecule has 2 amide bonds. The number of aliphatic hydroxyl groups is 2. The molecule has 0 spiro atoms. The first-order valence-corrected chi connectivity index (χ1v) is 15.1. The number of piperidine rings is 1. The minimum Gasteiger partial charge on any atom is -0.508 e. The third-order valence-electron chi connectivity index (χ3n) is 7.59. The molecule has 2 heterocycles. The normalized spacial score (nSPS) is 20.0. The number of imide groups is 1. The van der Waals surface area contributed by atoms with E-state index in [1.165, 1.54) is 10.8 Å². The quantitative estimate of drug-likeness (QED) is 0.149. The molecule has 0 unspecified atom stereocenters. The molecular weight excluding hydrogens is 596 g/mol. The minimum atomic E-state index is -0.739. The molecule has 0 bridgehead atoms. The van der Waals surface area contributed by atoms with E-state index in [4.69, 9.17) is 15.3 Å². The van der Waals surface area contributed by atoms with E-state index in [2.05, 4.69) is 17.2 Å². The Hall–Kier alpha value is -4.62. The van der Waals surface area contributed by atoms with Gasteiger partial charge in [-0.25, -0.2) is 9.55 Å². The van der Waals surface area contributed by atoms with Gasteiger partial charge in [0.1, 0.15) is 30.0 Å². The van der Waals surface area contributed by atoms with Crippen LogP contribution >= 0.6 is 0 Å². The molecule has 250 valence electrons. The van der Waals surface area contributed by atoms with Crippen LogP contribution in [0.25, 0.3) is 0 Å². The zero-order chi connectivity index (χ0) is 34.2.